The van der Waals surface area contributed by atoms with Crippen LogP contribution in [0.25, 0.3) is 0 Å². The second-order valence-electron chi connectivity index (χ2n) is 7.17. The summed E-state index contributed by atoms with van der Waals surface area (Å²) in [7, 11) is 0. The first kappa shape index (κ1) is 16.5. The standard InChI is InChI=1S/C17H31N3O/c1-5-21-15(13-9-7-6-8-10-13)16-18-11-14(20-16)12-19-17(2,3)4/h11,13,15,19H,5-10,12H2,1-4H3,(H,18,20). The lowest BCUT2D eigenvalue weighted by atomic mass is 9.85. The number of nitrogens with one attached hydrogen (secondary N) is 2. The molecule has 1 heterocycles. The van der Waals surface area contributed by atoms with E-state index < -0.39 is 0 Å². The highest BCUT2D eigenvalue weighted by atomic mass is 16.5. The number of rotatable bonds is 6. The van der Waals surface area contributed by atoms with Crippen LogP contribution in [-0.4, -0.2) is 22.1 Å². The van der Waals surface area contributed by atoms with Gasteiger partial charge in [0.15, 0.2) is 0 Å². The van der Waals surface area contributed by atoms with Crippen LogP contribution in [0.1, 0.15) is 77.4 Å². The quantitative estimate of drug-likeness (QED) is 0.835. The Bertz CT molecular complexity index is 416. The first-order chi connectivity index (χ1) is 9.99. The Morgan fingerprint density at radius 1 is 1.33 bits per heavy atom. The van der Waals surface area contributed by atoms with Crippen molar-refractivity contribution in [2.45, 2.75) is 78.0 Å². The van der Waals surface area contributed by atoms with E-state index in [0.29, 0.717) is 5.92 Å². The lowest BCUT2D eigenvalue weighted by Crippen LogP contribution is -2.35. The number of aromatic nitrogens is 2. The summed E-state index contributed by atoms with van der Waals surface area (Å²) in [6.45, 7) is 10.2. The fourth-order valence-corrected chi connectivity index (χ4v) is 3.03. The minimum atomic E-state index is 0.119. The SMILES string of the molecule is CCOC(c1ncc(CNC(C)(C)C)[nH]1)C1CCCCC1. The van der Waals surface area contributed by atoms with Crippen molar-refractivity contribution in [3.05, 3.63) is 17.7 Å². The molecule has 0 amide bonds. The summed E-state index contributed by atoms with van der Waals surface area (Å²) < 4.78 is 6.01. The molecular formula is C17H31N3O. The Balaban J connectivity index is 2.01. The molecule has 2 rings (SSSR count). The zero-order valence-corrected chi connectivity index (χ0v) is 14.0. The van der Waals surface area contributed by atoms with Gasteiger partial charge in [-0.15, -0.1) is 0 Å². The van der Waals surface area contributed by atoms with E-state index in [1.807, 2.05) is 6.20 Å². The highest BCUT2D eigenvalue weighted by Crippen LogP contribution is 2.35. The fourth-order valence-electron chi connectivity index (χ4n) is 3.03. The summed E-state index contributed by atoms with van der Waals surface area (Å²) in [6.07, 6.45) is 8.64. The van der Waals surface area contributed by atoms with Gasteiger partial charge >= 0.3 is 0 Å². The van der Waals surface area contributed by atoms with E-state index in [1.165, 1.54) is 32.1 Å². The highest BCUT2D eigenvalue weighted by molar-refractivity contribution is 5.05. The average molecular weight is 293 g/mol. The maximum atomic E-state index is 6.01. The normalized spacial score (nSPS) is 18.9. The Hall–Kier alpha value is -0.870. The fraction of sp³-hybridized carbons (Fsp3) is 0.824. The van der Waals surface area contributed by atoms with Gasteiger partial charge in [-0.2, -0.15) is 0 Å². The van der Waals surface area contributed by atoms with E-state index in [2.05, 4.69) is 43.0 Å². The molecule has 1 unspecified atom stereocenters. The van der Waals surface area contributed by atoms with Crippen molar-refractivity contribution in [1.29, 1.82) is 0 Å². The van der Waals surface area contributed by atoms with E-state index >= 15 is 0 Å². The molecule has 1 atom stereocenters. The molecule has 1 aliphatic carbocycles. The summed E-state index contributed by atoms with van der Waals surface area (Å²) in [5, 5.41) is 3.49. The first-order valence-corrected chi connectivity index (χ1v) is 8.40. The van der Waals surface area contributed by atoms with Crippen LogP contribution in [0.3, 0.4) is 0 Å². The number of H-pyrrole nitrogens is 1. The molecule has 4 heteroatoms. The predicted molar refractivity (Wildman–Crippen MR) is 86.1 cm³/mol. The van der Waals surface area contributed by atoms with Crippen molar-refractivity contribution < 1.29 is 4.74 Å². The number of hydrogen-bond acceptors (Lipinski definition) is 3. The van der Waals surface area contributed by atoms with Gasteiger partial charge in [-0.3, -0.25) is 0 Å². The minimum absolute atomic E-state index is 0.119. The predicted octanol–water partition coefficient (Wildman–Crippen LogP) is 3.96. The summed E-state index contributed by atoms with van der Waals surface area (Å²) in [6, 6.07) is 0. The second-order valence-corrected chi connectivity index (χ2v) is 7.17. The van der Waals surface area contributed by atoms with Gasteiger partial charge in [0.1, 0.15) is 11.9 Å². The molecule has 0 aromatic carbocycles. The zero-order valence-electron chi connectivity index (χ0n) is 14.0. The van der Waals surface area contributed by atoms with Crippen molar-refractivity contribution >= 4 is 0 Å². The van der Waals surface area contributed by atoms with Crippen molar-refractivity contribution in [1.82, 2.24) is 15.3 Å². The first-order valence-electron chi connectivity index (χ1n) is 8.40. The summed E-state index contributed by atoms with van der Waals surface area (Å²) >= 11 is 0. The number of imidazole rings is 1. The van der Waals surface area contributed by atoms with E-state index in [0.717, 1.165) is 24.7 Å². The van der Waals surface area contributed by atoms with Gasteiger partial charge in [-0.05, 0) is 46.5 Å². The molecular weight excluding hydrogens is 262 g/mol. The van der Waals surface area contributed by atoms with Crippen LogP contribution < -0.4 is 5.32 Å². The molecule has 1 aromatic rings. The average Bonchev–Trinajstić information content (AvgIpc) is 2.91. The van der Waals surface area contributed by atoms with Crippen LogP contribution in [0.15, 0.2) is 6.20 Å². The van der Waals surface area contributed by atoms with Crippen LogP contribution in [-0.2, 0) is 11.3 Å². The lowest BCUT2D eigenvalue weighted by Gasteiger charge is -2.28. The van der Waals surface area contributed by atoms with Gasteiger partial charge in [0.25, 0.3) is 0 Å². The largest absolute Gasteiger partial charge is 0.370 e. The van der Waals surface area contributed by atoms with Crippen LogP contribution in [0, 0.1) is 5.92 Å². The van der Waals surface area contributed by atoms with Gasteiger partial charge in [0, 0.05) is 30.6 Å². The molecule has 1 fully saturated rings. The molecule has 4 nitrogen and oxygen atoms in total. The summed E-state index contributed by atoms with van der Waals surface area (Å²) in [5.41, 5.74) is 1.26. The van der Waals surface area contributed by atoms with E-state index in [9.17, 15) is 0 Å². The maximum Gasteiger partial charge on any atom is 0.135 e. The van der Waals surface area contributed by atoms with Crippen molar-refractivity contribution in [3.8, 4) is 0 Å². The van der Waals surface area contributed by atoms with E-state index in [4.69, 9.17) is 4.74 Å². The highest BCUT2D eigenvalue weighted by Gasteiger charge is 2.27. The molecule has 1 saturated carbocycles. The Morgan fingerprint density at radius 3 is 2.67 bits per heavy atom. The third kappa shape index (κ3) is 5.11. The number of nitrogens with zero attached hydrogens (tertiary/aromatic N) is 1. The number of hydrogen-bond donors (Lipinski definition) is 2. The molecule has 0 radical (unpaired) electrons. The van der Waals surface area contributed by atoms with Crippen LogP contribution >= 0.6 is 0 Å². The maximum absolute atomic E-state index is 6.01. The van der Waals surface area contributed by atoms with Crippen LogP contribution in [0.4, 0.5) is 0 Å². The van der Waals surface area contributed by atoms with Crippen molar-refractivity contribution in [2.75, 3.05) is 6.61 Å². The summed E-state index contributed by atoms with van der Waals surface area (Å²) in [4.78, 5) is 8.06. The van der Waals surface area contributed by atoms with Gasteiger partial charge in [0.2, 0.25) is 0 Å². The van der Waals surface area contributed by atoms with Gasteiger partial charge in [-0.25, -0.2) is 4.98 Å². The summed E-state index contributed by atoms with van der Waals surface area (Å²) in [5.74, 6) is 1.63. The van der Waals surface area contributed by atoms with Gasteiger partial charge < -0.3 is 15.0 Å². The third-order valence-corrected chi connectivity index (χ3v) is 4.15. The molecule has 0 aliphatic heterocycles. The van der Waals surface area contributed by atoms with Crippen molar-refractivity contribution in [2.24, 2.45) is 5.92 Å². The molecule has 1 aromatic heterocycles. The smallest absolute Gasteiger partial charge is 0.135 e. The Labute approximate surface area is 129 Å². The number of aromatic amines is 1. The van der Waals surface area contributed by atoms with Crippen molar-refractivity contribution in [3.63, 3.8) is 0 Å². The second kappa shape index (κ2) is 7.41. The lowest BCUT2D eigenvalue weighted by molar-refractivity contribution is 0.000281. The molecule has 1 aliphatic rings. The molecule has 21 heavy (non-hydrogen) atoms. The van der Waals surface area contributed by atoms with Gasteiger partial charge in [0.05, 0.1) is 0 Å². The van der Waals surface area contributed by atoms with Crippen LogP contribution in [0.5, 0.6) is 0 Å². The topological polar surface area (TPSA) is 49.9 Å². The van der Waals surface area contributed by atoms with Crippen LogP contribution in [0.2, 0.25) is 0 Å². The zero-order chi connectivity index (χ0) is 15.3. The molecule has 0 saturated heterocycles. The molecule has 0 spiro atoms. The Morgan fingerprint density at radius 2 is 2.05 bits per heavy atom. The Kier molecular flexibility index (Phi) is 5.82. The molecule has 120 valence electrons. The number of ether oxygens (including phenoxy) is 1. The monoisotopic (exact) mass is 293 g/mol. The third-order valence-electron chi connectivity index (χ3n) is 4.15. The van der Waals surface area contributed by atoms with E-state index in [-0.39, 0.29) is 11.6 Å². The van der Waals surface area contributed by atoms with E-state index in [1.54, 1.807) is 0 Å². The minimum Gasteiger partial charge on any atom is -0.370 e. The molecule has 0 bridgehead atoms. The molecule has 2 N–H and O–H groups in total. The van der Waals surface area contributed by atoms with Gasteiger partial charge in [-0.1, -0.05) is 19.3 Å².